The van der Waals surface area contributed by atoms with Crippen LogP contribution in [0.25, 0.3) is 16.9 Å². The van der Waals surface area contributed by atoms with Crippen molar-refractivity contribution in [1.82, 2.24) is 36.1 Å². The molecule has 2 aromatic carbocycles. The van der Waals surface area contributed by atoms with E-state index in [1.807, 2.05) is 25.1 Å². The monoisotopic (exact) mass is 428 g/mol. The number of aromatic nitrogens is 4. The topological polar surface area (TPSA) is 112 Å². The van der Waals surface area contributed by atoms with Crippen LogP contribution >= 0.6 is 0 Å². The Morgan fingerprint density at radius 3 is 2.53 bits per heavy atom. The molecule has 0 atom stereocenters. The number of hydrogen-bond acceptors (Lipinski definition) is 7. The van der Waals surface area contributed by atoms with E-state index in [0.29, 0.717) is 18.0 Å². The van der Waals surface area contributed by atoms with Crippen LogP contribution in [0.1, 0.15) is 41.6 Å². The van der Waals surface area contributed by atoms with Crippen molar-refractivity contribution in [2.45, 2.75) is 33.1 Å². The van der Waals surface area contributed by atoms with Gasteiger partial charge in [-0.2, -0.15) is 10.1 Å². The summed E-state index contributed by atoms with van der Waals surface area (Å²) in [4.78, 5) is 20.1. The quantitative estimate of drug-likeness (QED) is 0.375. The van der Waals surface area contributed by atoms with Gasteiger partial charge in [0.05, 0.1) is 5.69 Å². The molecule has 4 N–H and O–H groups in total. The summed E-state index contributed by atoms with van der Waals surface area (Å²) in [5, 5.41) is 8.71. The van der Waals surface area contributed by atoms with Crippen LogP contribution in [0.3, 0.4) is 0 Å². The van der Waals surface area contributed by atoms with Crippen molar-refractivity contribution in [3.05, 3.63) is 87.1 Å². The zero-order valence-electron chi connectivity index (χ0n) is 17.9. The number of amidine groups is 1. The summed E-state index contributed by atoms with van der Waals surface area (Å²) in [6.07, 6.45) is 2.21. The van der Waals surface area contributed by atoms with Crippen LogP contribution in [0.5, 0.6) is 0 Å². The number of nitrogens with one attached hydrogen (secondary N) is 4. The van der Waals surface area contributed by atoms with Gasteiger partial charge in [-0.25, -0.2) is 10.1 Å². The Bertz CT molecular complexity index is 1370. The first kappa shape index (κ1) is 20.0. The van der Waals surface area contributed by atoms with Gasteiger partial charge in [0, 0.05) is 17.5 Å². The standard InChI is InChI=1S/C23H24N8O/c1-3-6-20-19(22(32)25-23-24-14(2)28-31(20)23)13-15-9-11-16(12-10-15)17-7-4-5-8-18(17)21-26-29-30-27-21/h4-5,7-12,29-30H,3,6,13H2,1-2H3,(H,26,27)(H,24,25,28,32). The molecule has 0 fully saturated rings. The first-order valence-corrected chi connectivity index (χ1v) is 10.6. The number of nitrogens with zero attached hydrogens (tertiary/aromatic N) is 4. The molecule has 0 unspecified atom stereocenters. The molecule has 4 aromatic rings. The van der Waals surface area contributed by atoms with E-state index in [1.165, 1.54) is 0 Å². The number of rotatable bonds is 6. The van der Waals surface area contributed by atoms with E-state index < -0.39 is 0 Å². The molecule has 5 rings (SSSR count). The third-order valence-corrected chi connectivity index (χ3v) is 5.54. The summed E-state index contributed by atoms with van der Waals surface area (Å²) in [5.41, 5.74) is 14.2. The Balaban J connectivity index is 1.49. The Hall–Kier alpha value is -3.98. The van der Waals surface area contributed by atoms with Gasteiger partial charge in [0.15, 0.2) is 5.84 Å². The summed E-state index contributed by atoms with van der Waals surface area (Å²) in [5.74, 6) is 1.88. The molecule has 1 aliphatic rings. The molecule has 162 valence electrons. The van der Waals surface area contributed by atoms with E-state index in [4.69, 9.17) is 0 Å². The lowest BCUT2D eigenvalue weighted by Gasteiger charge is -2.12. The predicted octanol–water partition coefficient (Wildman–Crippen LogP) is 2.21. The maximum Gasteiger partial charge on any atom is 0.256 e. The minimum absolute atomic E-state index is 0.104. The van der Waals surface area contributed by atoms with E-state index in [-0.39, 0.29) is 5.56 Å². The number of hydrogen-bond donors (Lipinski definition) is 4. The maximum absolute atomic E-state index is 12.9. The van der Waals surface area contributed by atoms with Crippen LogP contribution in [0.2, 0.25) is 0 Å². The number of H-pyrrole nitrogens is 1. The molecular formula is C23H24N8O. The molecule has 0 aliphatic carbocycles. The molecule has 0 saturated carbocycles. The van der Waals surface area contributed by atoms with Gasteiger partial charge in [-0.1, -0.05) is 61.9 Å². The Kier molecular flexibility index (Phi) is 5.16. The van der Waals surface area contributed by atoms with Crippen LogP contribution in [0.4, 0.5) is 0 Å². The van der Waals surface area contributed by atoms with Crippen LogP contribution in [0.15, 0.2) is 58.4 Å². The number of benzene rings is 2. The van der Waals surface area contributed by atoms with Gasteiger partial charge < -0.3 is 0 Å². The molecule has 0 bridgehead atoms. The second kappa shape index (κ2) is 8.27. The fourth-order valence-corrected chi connectivity index (χ4v) is 4.07. The van der Waals surface area contributed by atoms with E-state index in [1.54, 1.807) is 4.52 Å². The molecule has 9 heteroatoms. The normalized spacial score (nSPS) is 13.1. The van der Waals surface area contributed by atoms with E-state index >= 15 is 0 Å². The zero-order valence-corrected chi connectivity index (χ0v) is 17.9. The SMILES string of the molecule is CCCc1c(Cc2ccc(-c3ccccc3C3=NNNN3)cc2)c(=O)[nH]c2nc(C)nn12. The van der Waals surface area contributed by atoms with Gasteiger partial charge in [-0.05, 0) is 30.0 Å². The minimum atomic E-state index is -0.104. The summed E-state index contributed by atoms with van der Waals surface area (Å²) < 4.78 is 1.78. The molecule has 0 amide bonds. The second-order valence-electron chi connectivity index (χ2n) is 7.77. The van der Waals surface area contributed by atoms with Crippen LogP contribution in [-0.4, -0.2) is 25.4 Å². The summed E-state index contributed by atoms with van der Waals surface area (Å²) in [6.45, 7) is 3.93. The van der Waals surface area contributed by atoms with E-state index in [0.717, 1.165) is 52.2 Å². The lowest BCUT2D eigenvalue weighted by atomic mass is 9.96. The first-order chi connectivity index (χ1) is 15.6. The van der Waals surface area contributed by atoms with Gasteiger partial charge in [0.25, 0.3) is 5.56 Å². The highest BCUT2D eigenvalue weighted by Gasteiger charge is 2.16. The number of fused-ring (bicyclic) bond motifs is 1. The van der Waals surface area contributed by atoms with Crippen molar-refractivity contribution in [1.29, 1.82) is 0 Å². The van der Waals surface area contributed by atoms with Crippen LogP contribution < -0.4 is 22.1 Å². The summed E-state index contributed by atoms with van der Waals surface area (Å²) in [7, 11) is 0. The molecule has 2 aromatic heterocycles. The van der Waals surface area contributed by atoms with Crippen molar-refractivity contribution < 1.29 is 0 Å². The average Bonchev–Trinajstić information content (AvgIpc) is 3.46. The van der Waals surface area contributed by atoms with Gasteiger partial charge in [-0.15, -0.1) is 10.6 Å². The molecule has 1 aliphatic heterocycles. The van der Waals surface area contributed by atoms with Gasteiger partial charge >= 0.3 is 0 Å². The first-order valence-electron chi connectivity index (χ1n) is 10.6. The molecule has 9 nitrogen and oxygen atoms in total. The highest BCUT2D eigenvalue weighted by Crippen LogP contribution is 2.25. The molecule has 0 saturated heterocycles. The highest BCUT2D eigenvalue weighted by atomic mass is 16.1. The number of aromatic amines is 1. The van der Waals surface area contributed by atoms with Crippen LogP contribution in [0, 0.1) is 6.92 Å². The van der Waals surface area contributed by atoms with Crippen molar-refractivity contribution >= 4 is 11.6 Å². The maximum atomic E-state index is 12.9. The van der Waals surface area contributed by atoms with Crippen molar-refractivity contribution in [2.24, 2.45) is 5.10 Å². The average molecular weight is 429 g/mol. The van der Waals surface area contributed by atoms with Gasteiger partial charge in [0.2, 0.25) is 5.78 Å². The highest BCUT2D eigenvalue weighted by molar-refractivity contribution is 6.04. The van der Waals surface area contributed by atoms with E-state index in [2.05, 4.69) is 73.9 Å². The smallest absolute Gasteiger partial charge is 0.256 e. The van der Waals surface area contributed by atoms with Gasteiger partial charge in [0.1, 0.15) is 5.82 Å². The lowest BCUT2D eigenvalue weighted by molar-refractivity contribution is 0.577. The summed E-state index contributed by atoms with van der Waals surface area (Å²) in [6, 6.07) is 16.4. The van der Waals surface area contributed by atoms with Crippen molar-refractivity contribution in [3.63, 3.8) is 0 Å². The second-order valence-corrected chi connectivity index (χ2v) is 7.77. The fraction of sp³-hybridized carbons (Fsp3) is 0.217. The third kappa shape index (κ3) is 3.63. The predicted molar refractivity (Wildman–Crippen MR) is 123 cm³/mol. The van der Waals surface area contributed by atoms with E-state index in [9.17, 15) is 4.79 Å². The largest absolute Gasteiger partial charge is 0.290 e. The zero-order chi connectivity index (χ0) is 22.1. The van der Waals surface area contributed by atoms with Crippen molar-refractivity contribution in [3.8, 4) is 11.1 Å². The minimum Gasteiger partial charge on any atom is -0.290 e. The Morgan fingerprint density at radius 1 is 1.03 bits per heavy atom. The molecule has 3 heterocycles. The number of hydrazone groups is 1. The number of hydrazine groups is 2. The van der Waals surface area contributed by atoms with Crippen LogP contribution in [-0.2, 0) is 12.8 Å². The lowest BCUT2D eigenvalue weighted by Crippen LogP contribution is -2.35. The van der Waals surface area contributed by atoms with Gasteiger partial charge in [-0.3, -0.25) is 15.2 Å². The molecule has 32 heavy (non-hydrogen) atoms. The summed E-state index contributed by atoms with van der Waals surface area (Å²) >= 11 is 0. The Morgan fingerprint density at radius 2 is 1.81 bits per heavy atom. The fourth-order valence-electron chi connectivity index (χ4n) is 4.07. The molecule has 0 radical (unpaired) electrons. The Labute approximate surface area is 184 Å². The number of aryl methyl sites for hydroxylation is 2. The molecule has 0 spiro atoms. The third-order valence-electron chi connectivity index (χ3n) is 5.54. The molecular weight excluding hydrogens is 404 g/mol. The van der Waals surface area contributed by atoms with Crippen molar-refractivity contribution in [2.75, 3.05) is 0 Å².